The highest BCUT2D eigenvalue weighted by Gasteiger charge is 2.50. The minimum Gasteiger partial charge on any atom is -0.466 e. The normalized spacial score (nSPS) is 27.1. The number of hydrogen-bond donors (Lipinski definition) is 0. The van der Waals surface area contributed by atoms with E-state index < -0.39 is 29.6 Å². The minimum absolute atomic E-state index is 0.132. The molecule has 0 radical (unpaired) electrons. The lowest BCUT2D eigenvalue weighted by Crippen LogP contribution is -2.31. The van der Waals surface area contributed by atoms with E-state index in [2.05, 4.69) is 9.47 Å². The summed E-state index contributed by atoms with van der Waals surface area (Å²) in [7, 11) is 2.27. The van der Waals surface area contributed by atoms with Crippen molar-refractivity contribution in [3.63, 3.8) is 0 Å². The number of ketones is 2. The first-order valence-electron chi connectivity index (χ1n) is 7.33. The summed E-state index contributed by atoms with van der Waals surface area (Å²) in [6, 6.07) is 0. The van der Waals surface area contributed by atoms with Gasteiger partial charge in [0, 0.05) is 12.8 Å². The van der Waals surface area contributed by atoms with Gasteiger partial charge in [-0.05, 0) is 11.8 Å². The summed E-state index contributed by atoms with van der Waals surface area (Å²) in [6.45, 7) is 3.75. The van der Waals surface area contributed by atoms with E-state index in [1.54, 1.807) is 0 Å². The van der Waals surface area contributed by atoms with E-state index in [9.17, 15) is 19.2 Å². The van der Waals surface area contributed by atoms with Crippen molar-refractivity contribution in [2.45, 2.75) is 45.3 Å². The summed E-state index contributed by atoms with van der Waals surface area (Å²) >= 11 is 0. The first kappa shape index (κ1) is 17.3. The second-order valence-electron chi connectivity index (χ2n) is 6.48. The summed E-state index contributed by atoms with van der Waals surface area (Å²) in [5.41, 5.74) is -0.837. The number of methoxy groups -OCH3 is 2. The maximum Gasteiger partial charge on any atom is 0.337 e. The van der Waals surface area contributed by atoms with Crippen LogP contribution >= 0.6 is 0 Å². The van der Waals surface area contributed by atoms with Gasteiger partial charge in [0.05, 0.1) is 25.4 Å². The highest BCUT2D eigenvalue weighted by atomic mass is 16.5. The van der Waals surface area contributed by atoms with Gasteiger partial charge < -0.3 is 14.2 Å². The van der Waals surface area contributed by atoms with Gasteiger partial charge in [0.1, 0.15) is 12.2 Å². The van der Waals surface area contributed by atoms with Crippen LogP contribution in [0.25, 0.3) is 0 Å². The SMILES string of the molecule is COC(=O)C1=C(C(=O)OC)[C@H]2O[C@@H]1C(=O)CC(C)(C)CCC2=O. The zero-order chi connectivity index (χ0) is 17.4. The highest BCUT2D eigenvalue weighted by Crippen LogP contribution is 2.38. The second-order valence-corrected chi connectivity index (χ2v) is 6.48. The Morgan fingerprint density at radius 2 is 1.48 bits per heavy atom. The lowest BCUT2D eigenvalue weighted by molar-refractivity contribution is -0.143. The zero-order valence-electron chi connectivity index (χ0n) is 13.6. The van der Waals surface area contributed by atoms with Crippen LogP contribution in [0.5, 0.6) is 0 Å². The van der Waals surface area contributed by atoms with Gasteiger partial charge in [0.25, 0.3) is 0 Å². The van der Waals surface area contributed by atoms with E-state index in [0.717, 1.165) is 14.2 Å². The molecule has 126 valence electrons. The Kier molecular flexibility index (Phi) is 4.70. The Balaban J connectivity index is 2.59. The molecule has 0 spiro atoms. The smallest absolute Gasteiger partial charge is 0.337 e. The maximum absolute atomic E-state index is 12.6. The predicted molar refractivity (Wildman–Crippen MR) is 77.4 cm³/mol. The monoisotopic (exact) mass is 324 g/mol. The van der Waals surface area contributed by atoms with Gasteiger partial charge in [-0.15, -0.1) is 0 Å². The van der Waals surface area contributed by atoms with Crippen molar-refractivity contribution in [1.82, 2.24) is 0 Å². The fraction of sp³-hybridized carbons (Fsp3) is 0.625. The average molecular weight is 324 g/mol. The van der Waals surface area contributed by atoms with Gasteiger partial charge >= 0.3 is 11.9 Å². The van der Waals surface area contributed by atoms with Crippen LogP contribution in [-0.2, 0) is 33.4 Å². The van der Waals surface area contributed by atoms with Crippen LogP contribution in [-0.4, -0.2) is 49.9 Å². The molecule has 2 rings (SSSR count). The van der Waals surface area contributed by atoms with Crippen LogP contribution in [0.4, 0.5) is 0 Å². The molecule has 0 amide bonds. The van der Waals surface area contributed by atoms with E-state index in [4.69, 9.17) is 4.74 Å². The maximum atomic E-state index is 12.6. The van der Waals surface area contributed by atoms with Crippen molar-refractivity contribution < 1.29 is 33.4 Å². The summed E-state index contributed by atoms with van der Waals surface area (Å²) < 4.78 is 14.8. The fourth-order valence-corrected chi connectivity index (χ4v) is 2.93. The quantitative estimate of drug-likeness (QED) is 0.691. The van der Waals surface area contributed by atoms with Crippen LogP contribution < -0.4 is 0 Å². The molecule has 0 aliphatic carbocycles. The Labute approximate surface area is 133 Å². The Hall–Kier alpha value is -2.02. The van der Waals surface area contributed by atoms with Crippen molar-refractivity contribution >= 4 is 23.5 Å². The molecule has 2 bridgehead atoms. The van der Waals surface area contributed by atoms with E-state index in [1.165, 1.54) is 0 Å². The summed E-state index contributed by atoms with van der Waals surface area (Å²) in [4.78, 5) is 49.1. The van der Waals surface area contributed by atoms with Crippen LogP contribution in [0.15, 0.2) is 11.1 Å². The molecule has 2 aliphatic rings. The lowest BCUT2D eigenvalue weighted by Gasteiger charge is -2.24. The number of ether oxygens (including phenoxy) is 3. The Morgan fingerprint density at radius 3 is 1.96 bits per heavy atom. The molecule has 0 aromatic heterocycles. The Bertz CT molecular complexity index is 600. The summed E-state index contributed by atoms with van der Waals surface area (Å²) in [5, 5.41) is 0. The van der Waals surface area contributed by atoms with E-state index in [1.807, 2.05) is 13.8 Å². The molecular weight excluding hydrogens is 304 g/mol. The number of hydrogen-bond acceptors (Lipinski definition) is 7. The van der Waals surface area contributed by atoms with Crippen molar-refractivity contribution in [2.24, 2.45) is 5.41 Å². The molecule has 2 aliphatic heterocycles. The first-order valence-corrected chi connectivity index (χ1v) is 7.33. The number of esters is 2. The topological polar surface area (TPSA) is 96.0 Å². The minimum atomic E-state index is -1.28. The van der Waals surface area contributed by atoms with Gasteiger partial charge in [-0.3, -0.25) is 9.59 Å². The third-order valence-corrected chi connectivity index (χ3v) is 4.18. The molecule has 2 atom stereocenters. The number of fused-ring (bicyclic) bond motifs is 2. The average Bonchev–Trinajstić information content (AvgIpc) is 2.91. The number of carbonyl (C=O) groups is 4. The van der Waals surface area contributed by atoms with Crippen LogP contribution in [0.3, 0.4) is 0 Å². The summed E-state index contributed by atoms with van der Waals surface area (Å²) in [6.07, 6.45) is -1.77. The molecule has 0 unspecified atom stereocenters. The molecular formula is C16H20O7. The van der Waals surface area contributed by atoms with Crippen molar-refractivity contribution in [3.8, 4) is 0 Å². The largest absolute Gasteiger partial charge is 0.466 e. The third-order valence-electron chi connectivity index (χ3n) is 4.18. The number of Topliss-reactive ketones (excluding diaryl/α,β-unsaturated/α-hetero) is 2. The fourth-order valence-electron chi connectivity index (χ4n) is 2.93. The molecule has 7 heteroatoms. The van der Waals surface area contributed by atoms with Gasteiger partial charge in [0.15, 0.2) is 11.6 Å². The van der Waals surface area contributed by atoms with E-state index >= 15 is 0 Å². The van der Waals surface area contributed by atoms with Gasteiger partial charge in [-0.25, -0.2) is 9.59 Å². The van der Waals surface area contributed by atoms with Gasteiger partial charge in [-0.2, -0.15) is 0 Å². The summed E-state index contributed by atoms with van der Waals surface area (Å²) in [5.74, 6) is -2.43. The molecule has 23 heavy (non-hydrogen) atoms. The molecule has 0 saturated carbocycles. The van der Waals surface area contributed by atoms with E-state index in [0.29, 0.717) is 6.42 Å². The third kappa shape index (κ3) is 3.19. The molecule has 0 aromatic carbocycles. The second kappa shape index (κ2) is 6.23. The van der Waals surface area contributed by atoms with Crippen molar-refractivity contribution in [3.05, 3.63) is 11.1 Å². The van der Waals surface area contributed by atoms with Crippen molar-refractivity contribution in [2.75, 3.05) is 14.2 Å². The molecule has 0 aromatic rings. The number of rotatable bonds is 2. The van der Waals surface area contributed by atoms with Crippen LogP contribution in [0.2, 0.25) is 0 Å². The Morgan fingerprint density at radius 1 is 1.00 bits per heavy atom. The lowest BCUT2D eigenvalue weighted by atomic mass is 9.79. The van der Waals surface area contributed by atoms with Crippen LogP contribution in [0, 0.1) is 5.41 Å². The van der Waals surface area contributed by atoms with Gasteiger partial charge in [0.2, 0.25) is 0 Å². The molecule has 7 nitrogen and oxygen atoms in total. The standard InChI is InChI=1S/C16H20O7/c1-16(2)6-5-8(17)12-10(14(19)21-3)11(15(20)22-4)13(23-12)9(18)7-16/h12-13H,5-7H2,1-4H3/t12-,13+/m0/s1. The number of carbonyl (C=O) groups excluding carboxylic acids is 4. The molecule has 0 N–H and O–H groups in total. The first-order chi connectivity index (χ1) is 10.7. The van der Waals surface area contributed by atoms with E-state index in [-0.39, 0.29) is 35.6 Å². The van der Waals surface area contributed by atoms with Crippen LogP contribution in [0.1, 0.15) is 33.1 Å². The molecule has 2 heterocycles. The molecule has 1 fully saturated rings. The zero-order valence-corrected chi connectivity index (χ0v) is 13.6. The highest BCUT2D eigenvalue weighted by molar-refractivity contribution is 6.12. The predicted octanol–water partition coefficient (Wildman–Crippen LogP) is 0.745. The van der Waals surface area contributed by atoms with Gasteiger partial charge in [-0.1, -0.05) is 13.8 Å². The molecule has 1 saturated heterocycles. The van der Waals surface area contributed by atoms with Crippen molar-refractivity contribution in [1.29, 1.82) is 0 Å².